The van der Waals surface area contributed by atoms with Crippen molar-refractivity contribution in [3.05, 3.63) is 0 Å². The average Bonchev–Trinajstić information content (AvgIpc) is 2.40. The Bertz CT molecular complexity index is 332. The van der Waals surface area contributed by atoms with Gasteiger partial charge in [-0.05, 0) is 0 Å². The second-order valence-electron chi connectivity index (χ2n) is 3.15. The Balaban J connectivity index is 2.80. The van der Waals surface area contributed by atoms with Crippen LogP contribution in [0.1, 0.15) is 12.8 Å². The molecule has 1 fully saturated rings. The van der Waals surface area contributed by atoms with Gasteiger partial charge in [0.15, 0.2) is 0 Å². The maximum Gasteiger partial charge on any atom is 0.318 e. The SMILES string of the molecule is O=C(O)CC(C(=O)O)C1CC(=O)OC1=O. The monoisotopic (exact) mass is 216 g/mol. The number of cyclic esters (lactones) is 2. The smallest absolute Gasteiger partial charge is 0.318 e. The van der Waals surface area contributed by atoms with Crippen LogP contribution in [-0.2, 0) is 23.9 Å². The molecule has 1 saturated heterocycles. The number of carbonyl (C=O) groups excluding carboxylic acids is 2. The lowest BCUT2D eigenvalue weighted by Crippen LogP contribution is -2.29. The highest BCUT2D eigenvalue weighted by molar-refractivity contribution is 5.97. The molecule has 0 aromatic rings. The number of esters is 2. The zero-order valence-corrected chi connectivity index (χ0v) is 7.50. The molecule has 0 amide bonds. The van der Waals surface area contributed by atoms with Crippen LogP contribution in [0.25, 0.3) is 0 Å². The summed E-state index contributed by atoms with van der Waals surface area (Å²) in [4.78, 5) is 42.8. The van der Waals surface area contributed by atoms with Gasteiger partial charge < -0.3 is 14.9 Å². The van der Waals surface area contributed by atoms with Crippen molar-refractivity contribution >= 4 is 23.9 Å². The van der Waals surface area contributed by atoms with Gasteiger partial charge in [-0.25, -0.2) is 0 Å². The minimum atomic E-state index is -1.42. The Morgan fingerprint density at radius 1 is 1.40 bits per heavy atom. The maximum absolute atomic E-state index is 11.0. The molecule has 0 aliphatic carbocycles. The highest BCUT2D eigenvalue weighted by Crippen LogP contribution is 2.27. The van der Waals surface area contributed by atoms with Gasteiger partial charge in [0, 0.05) is 0 Å². The molecule has 82 valence electrons. The van der Waals surface area contributed by atoms with Gasteiger partial charge in [-0.1, -0.05) is 0 Å². The van der Waals surface area contributed by atoms with E-state index in [1.54, 1.807) is 0 Å². The zero-order valence-electron chi connectivity index (χ0n) is 7.50. The summed E-state index contributed by atoms with van der Waals surface area (Å²) in [5, 5.41) is 17.1. The number of hydrogen-bond acceptors (Lipinski definition) is 5. The first-order valence-electron chi connectivity index (χ1n) is 4.11. The zero-order chi connectivity index (χ0) is 11.6. The summed E-state index contributed by atoms with van der Waals surface area (Å²) in [5.41, 5.74) is 0. The second-order valence-corrected chi connectivity index (χ2v) is 3.15. The first-order chi connectivity index (χ1) is 6.91. The average molecular weight is 216 g/mol. The van der Waals surface area contributed by atoms with Crippen LogP contribution < -0.4 is 0 Å². The molecule has 0 aromatic carbocycles. The van der Waals surface area contributed by atoms with Crippen molar-refractivity contribution in [2.24, 2.45) is 11.8 Å². The standard InChI is InChI=1S/C8H8O7/c9-5(10)1-3(7(12)13)4-2-6(11)15-8(4)14/h3-4H,1-2H2,(H,9,10)(H,12,13). The minimum absolute atomic E-state index is 0.372. The van der Waals surface area contributed by atoms with Gasteiger partial charge >= 0.3 is 23.9 Å². The topological polar surface area (TPSA) is 118 Å². The number of carboxylic acid groups (broad SMARTS) is 2. The van der Waals surface area contributed by atoms with Crippen molar-refractivity contribution in [3.63, 3.8) is 0 Å². The molecule has 0 aromatic heterocycles. The lowest BCUT2D eigenvalue weighted by atomic mass is 9.88. The molecule has 7 heteroatoms. The van der Waals surface area contributed by atoms with E-state index < -0.39 is 42.1 Å². The Morgan fingerprint density at radius 2 is 2.00 bits per heavy atom. The van der Waals surface area contributed by atoms with Crippen molar-refractivity contribution < 1.29 is 34.1 Å². The minimum Gasteiger partial charge on any atom is -0.481 e. The summed E-state index contributed by atoms with van der Waals surface area (Å²) >= 11 is 0. The molecule has 1 heterocycles. The summed E-state index contributed by atoms with van der Waals surface area (Å²) in [7, 11) is 0. The normalized spacial score (nSPS) is 22.3. The molecule has 7 nitrogen and oxygen atoms in total. The number of carboxylic acids is 2. The van der Waals surface area contributed by atoms with Crippen LogP contribution in [0.3, 0.4) is 0 Å². The van der Waals surface area contributed by atoms with E-state index in [1.165, 1.54) is 0 Å². The molecule has 1 aliphatic rings. The van der Waals surface area contributed by atoms with E-state index in [9.17, 15) is 19.2 Å². The largest absolute Gasteiger partial charge is 0.481 e. The van der Waals surface area contributed by atoms with E-state index in [1.807, 2.05) is 0 Å². The fraction of sp³-hybridized carbons (Fsp3) is 0.500. The summed E-state index contributed by atoms with van der Waals surface area (Å²) in [6, 6.07) is 0. The highest BCUT2D eigenvalue weighted by atomic mass is 16.6. The van der Waals surface area contributed by atoms with Crippen LogP contribution in [-0.4, -0.2) is 34.1 Å². The van der Waals surface area contributed by atoms with Crippen LogP contribution in [0.2, 0.25) is 0 Å². The van der Waals surface area contributed by atoms with Crippen LogP contribution in [0.4, 0.5) is 0 Å². The predicted molar refractivity (Wildman–Crippen MR) is 42.6 cm³/mol. The van der Waals surface area contributed by atoms with Gasteiger partial charge in [0.2, 0.25) is 0 Å². The molecular formula is C8H8O7. The van der Waals surface area contributed by atoms with E-state index in [-0.39, 0.29) is 6.42 Å². The van der Waals surface area contributed by atoms with Gasteiger partial charge in [-0.15, -0.1) is 0 Å². The summed E-state index contributed by atoms with van der Waals surface area (Å²) in [6.07, 6.45) is -1.08. The molecule has 0 saturated carbocycles. The lowest BCUT2D eigenvalue weighted by molar-refractivity contribution is -0.157. The number of hydrogen-bond donors (Lipinski definition) is 2. The molecule has 0 bridgehead atoms. The van der Waals surface area contributed by atoms with Crippen LogP contribution in [0, 0.1) is 11.8 Å². The number of carbonyl (C=O) groups is 4. The Hall–Kier alpha value is -1.92. The van der Waals surface area contributed by atoms with Crippen LogP contribution in [0.15, 0.2) is 0 Å². The molecule has 1 rings (SSSR count). The van der Waals surface area contributed by atoms with E-state index in [2.05, 4.69) is 4.74 Å². The summed E-state index contributed by atoms with van der Waals surface area (Å²) < 4.78 is 4.15. The molecule has 2 atom stereocenters. The number of ether oxygens (including phenoxy) is 1. The van der Waals surface area contributed by atoms with Gasteiger partial charge in [0.05, 0.1) is 24.7 Å². The molecule has 15 heavy (non-hydrogen) atoms. The quantitative estimate of drug-likeness (QED) is 0.468. The molecule has 0 spiro atoms. The molecule has 2 N–H and O–H groups in total. The molecule has 1 aliphatic heterocycles. The Kier molecular flexibility index (Phi) is 3.03. The van der Waals surface area contributed by atoms with Gasteiger partial charge in [-0.2, -0.15) is 0 Å². The third-order valence-corrected chi connectivity index (χ3v) is 2.10. The van der Waals surface area contributed by atoms with E-state index in [4.69, 9.17) is 10.2 Å². The van der Waals surface area contributed by atoms with Crippen molar-refractivity contribution in [2.75, 3.05) is 0 Å². The van der Waals surface area contributed by atoms with Crippen molar-refractivity contribution in [3.8, 4) is 0 Å². The van der Waals surface area contributed by atoms with Crippen molar-refractivity contribution in [1.82, 2.24) is 0 Å². The lowest BCUT2D eigenvalue weighted by Gasteiger charge is -2.12. The van der Waals surface area contributed by atoms with E-state index >= 15 is 0 Å². The van der Waals surface area contributed by atoms with Crippen molar-refractivity contribution in [1.29, 1.82) is 0 Å². The molecule has 2 unspecified atom stereocenters. The van der Waals surface area contributed by atoms with Crippen LogP contribution >= 0.6 is 0 Å². The van der Waals surface area contributed by atoms with Crippen molar-refractivity contribution in [2.45, 2.75) is 12.8 Å². The summed E-state index contributed by atoms with van der Waals surface area (Å²) in [5.74, 6) is -7.15. The highest BCUT2D eigenvalue weighted by Gasteiger charge is 2.43. The number of aliphatic carboxylic acids is 2. The Labute approximate surface area is 83.6 Å². The van der Waals surface area contributed by atoms with Gasteiger partial charge in [-0.3, -0.25) is 19.2 Å². The second kappa shape index (κ2) is 4.07. The molecule has 0 radical (unpaired) electrons. The maximum atomic E-state index is 11.0. The van der Waals surface area contributed by atoms with E-state index in [0.717, 1.165) is 0 Å². The first kappa shape index (κ1) is 11.2. The summed E-state index contributed by atoms with van der Waals surface area (Å²) in [6.45, 7) is 0. The third kappa shape index (κ3) is 2.52. The number of rotatable bonds is 4. The van der Waals surface area contributed by atoms with Gasteiger partial charge in [0.1, 0.15) is 0 Å². The van der Waals surface area contributed by atoms with Gasteiger partial charge in [0.25, 0.3) is 0 Å². The van der Waals surface area contributed by atoms with Crippen LogP contribution in [0.5, 0.6) is 0 Å². The first-order valence-corrected chi connectivity index (χ1v) is 4.11. The van der Waals surface area contributed by atoms with E-state index in [0.29, 0.717) is 0 Å². The Morgan fingerprint density at radius 3 is 2.33 bits per heavy atom. The predicted octanol–water partition coefficient (Wildman–Crippen LogP) is -0.748. The third-order valence-electron chi connectivity index (χ3n) is 2.10. The molecular weight excluding hydrogens is 208 g/mol. The fourth-order valence-electron chi connectivity index (χ4n) is 1.39. The fourth-order valence-corrected chi connectivity index (χ4v) is 1.39.